The number of hydrogen-bond acceptors (Lipinski definition) is 5. The van der Waals surface area contributed by atoms with Crippen LogP contribution in [0.1, 0.15) is 30.6 Å². The standard InChI is InChI=1S/C26H31N3O3S/c1-26(2,28-16-21(27)17-33)15-23(25(31)32)29(24(30)19-9-4-3-5-10-19)22-13-12-18-8-6-7-11-20(18)14-22/h3-14,21,23,28,33H,15-17,27H2,1-2H3,(H,31,32)/t21-,23+/m1/s1. The normalized spacial score (nSPS) is 13.5. The van der Waals surface area contributed by atoms with E-state index in [4.69, 9.17) is 5.73 Å². The van der Waals surface area contributed by atoms with Crippen LogP contribution in [0.5, 0.6) is 0 Å². The van der Waals surface area contributed by atoms with Gasteiger partial charge in [0.25, 0.3) is 5.91 Å². The number of nitrogens with one attached hydrogen (secondary N) is 1. The summed E-state index contributed by atoms with van der Waals surface area (Å²) < 4.78 is 0. The maximum Gasteiger partial charge on any atom is 0.326 e. The van der Waals surface area contributed by atoms with Crippen molar-refractivity contribution < 1.29 is 14.7 Å². The molecule has 0 unspecified atom stereocenters. The molecule has 0 heterocycles. The molecule has 2 atom stereocenters. The van der Waals surface area contributed by atoms with E-state index in [-0.39, 0.29) is 18.4 Å². The lowest BCUT2D eigenvalue weighted by Crippen LogP contribution is -2.54. The van der Waals surface area contributed by atoms with E-state index in [9.17, 15) is 14.7 Å². The molecule has 0 aliphatic carbocycles. The Morgan fingerprint density at radius 3 is 2.30 bits per heavy atom. The van der Waals surface area contributed by atoms with E-state index in [1.54, 1.807) is 30.3 Å². The zero-order chi connectivity index (χ0) is 24.0. The van der Waals surface area contributed by atoms with Gasteiger partial charge in [-0.25, -0.2) is 4.79 Å². The number of rotatable bonds is 10. The molecule has 3 rings (SSSR count). The Bertz CT molecular complexity index is 1100. The minimum absolute atomic E-state index is 0.154. The van der Waals surface area contributed by atoms with Gasteiger partial charge in [0.05, 0.1) is 0 Å². The first kappa shape index (κ1) is 24.8. The van der Waals surface area contributed by atoms with Crippen LogP contribution in [-0.4, -0.2) is 46.9 Å². The molecule has 7 heteroatoms. The van der Waals surface area contributed by atoms with Crippen molar-refractivity contribution in [1.82, 2.24) is 5.32 Å². The lowest BCUT2D eigenvalue weighted by molar-refractivity contribution is -0.139. The van der Waals surface area contributed by atoms with Crippen LogP contribution in [0.2, 0.25) is 0 Å². The van der Waals surface area contributed by atoms with Crippen molar-refractivity contribution in [2.75, 3.05) is 17.2 Å². The number of carboxylic acid groups (broad SMARTS) is 1. The van der Waals surface area contributed by atoms with Gasteiger partial charge in [0.15, 0.2) is 0 Å². The zero-order valence-electron chi connectivity index (χ0n) is 18.9. The first-order valence-corrected chi connectivity index (χ1v) is 11.6. The van der Waals surface area contributed by atoms with Crippen LogP contribution in [0.3, 0.4) is 0 Å². The highest BCUT2D eigenvalue weighted by atomic mass is 32.1. The highest BCUT2D eigenvalue weighted by Crippen LogP contribution is 2.28. The van der Waals surface area contributed by atoms with Crippen LogP contribution in [0.4, 0.5) is 5.69 Å². The number of thiol groups is 1. The van der Waals surface area contributed by atoms with Crippen LogP contribution in [0.15, 0.2) is 72.8 Å². The zero-order valence-corrected chi connectivity index (χ0v) is 19.8. The third-order valence-electron chi connectivity index (χ3n) is 5.63. The molecule has 0 aliphatic rings. The minimum atomic E-state index is -1.09. The van der Waals surface area contributed by atoms with Gasteiger partial charge in [0, 0.05) is 35.1 Å². The molecular formula is C26H31N3O3S. The number of carboxylic acids is 1. The minimum Gasteiger partial charge on any atom is -0.480 e. The SMILES string of the molecule is CC(C)(C[C@@H](C(=O)O)N(C(=O)c1ccccc1)c1ccc2ccccc2c1)NC[C@@H](N)CS. The predicted molar refractivity (Wildman–Crippen MR) is 137 cm³/mol. The van der Waals surface area contributed by atoms with E-state index in [1.165, 1.54) is 4.90 Å². The first-order valence-electron chi connectivity index (χ1n) is 10.9. The monoisotopic (exact) mass is 465 g/mol. The first-order chi connectivity index (χ1) is 15.7. The Morgan fingerprint density at radius 1 is 1.03 bits per heavy atom. The van der Waals surface area contributed by atoms with Crippen molar-refractivity contribution in [3.63, 3.8) is 0 Å². The Morgan fingerprint density at radius 2 is 1.67 bits per heavy atom. The van der Waals surface area contributed by atoms with Gasteiger partial charge in [-0.15, -0.1) is 0 Å². The third kappa shape index (κ3) is 6.35. The summed E-state index contributed by atoms with van der Waals surface area (Å²) in [6, 6.07) is 20.9. The van der Waals surface area contributed by atoms with Gasteiger partial charge in [-0.05, 0) is 55.3 Å². The van der Waals surface area contributed by atoms with E-state index < -0.39 is 17.6 Å². The number of anilines is 1. The fourth-order valence-electron chi connectivity index (χ4n) is 3.80. The van der Waals surface area contributed by atoms with E-state index >= 15 is 0 Å². The number of carbonyl (C=O) groups is 2. The second-order valence-electron chi connectivity index (χ2n) is 8.84. The van der Waals surface area contributed by atoms with Crippen molar-refractivity contribution in [3.8, 4) is 0 Å². The average Bonchev–Trinajstić information content (AvgIpc) is 2.82. The molecule has 6 nitrogen and oxygen atoms in total. The number of amides is 1. The topological polar surface area (TPSA) is 95.7 Å². The maximum atomic E-state index is 13.6. The molecule has 4 N–H and O–H groups in total. The van der Waals surface area contributed by atoms with Gasteiger partial charge >= 0.3 is 5.97 Å². The molecule has 3 aromatic carbocycles. The maximum absolute atomic E-state index is 13.6. The number of aliphatic carboxylic acids is 1. The molecule has 0 aromatic heterocycles. The summed E-state index contributed by atoms with van der Waals surface area (Å²) in [6.07, 6.45) is 0.188. The Hall–Kier alpha value is -2.87. The highest BCUT2D eigenvalue weighted by Gasteiger charge is 2.36. The van der Waals surface area contributed by atoms with E-state index in [1.807, 2.05) is 56.3 Å². The van der Waals surface area contributed by atoms with Gasteiger partial charge in [-0.1, -0.05) is 48.5 Å². The van der Waals surface area contributed by atoms with Crippen LogP contribution in [-0.2, 0) is 4.79 Å². The summed E-state index contributed by atoms with van der Waals surface area (Å²) in [5.41, 5.74) is 6.36. The second-order valence-corrected chi connectivity index (χ2v) is 9.20. The fraction of sp³-hybridized carbons (Fsp3) is 0.308. The highest BCUT2D eigenvalue weighted by molar-refractivity contribution is 7.80. The molecule has 0 aliphatic heterocycles. The molecule has 0 saturated heterocycles. The van der Waals surface area contributed by atoms with Gasteiger partial charge in [0.1, 0.15) is 6.04 Å². The number of benzene rings is 3. The number of carbonyl (C=O) groups excluding carboxylic acids is 1. The molecule has 174 valence electrons. The predicted octanol–water partition coefficient (Wildman–Crippen LogP) is 3.96. The van der Waals surface area contributed by atoms with E-state index in [0.29, 0.717) is 23.5 Å². The fourth-order valence-corrected chi connectivity index (χ4v) is 3.93. The van der Waals surface area contributed by atoms with E-state index in [2.05, 4.69) is 17.9 Å². The third-order valence-corrected chi connectivity index (χ3v) is 6.10. The lowest BCUT2D eigenvalue weighted by Gasteiger charge is -2.36. The molecule has 0 saturated carbocycles. The molecular weight excluding hydrogens is 434 g/mol. The Labute approximate surface area is 200 Å². The summed E-state index contributed by atoms with van der Waals surface area (Å²) >= 11 is 4.21. The molecule has 0 spiro atoms. The molecule has 3 aromatic rings. The van der Waals surface area contributed by atoms with Crippen LogP contribution in [0, 0.1) is 0 Å². The number of nitrogens with two attached hydrogens (primary N) is 1. The second kappa shape index (κ2) is 10.8. The van der Waals surface area contributed by atoms with Crippen molar-refractivity contribution in [1.29, 1.82) is 0 Å². The molecule has 33 heavy (non-hydrogen) atoms. The van der Waals surface area contributed by atoms with Gasteiger partial charge in [-0.3, -0.25) is 9.69 Å². The molecule has 0 radical (unpaired) electrons. The van der Waals surface area contributed by atoms with Crippen molar-refractivity contribution in [2.45, 2.75) is 37.9 Å². The van der Waals surface area contributed by atoms with Crippen LogP contribution in [0.25, 0.3) is 10.8 Å². The molecule has 1 amide bonds. The molecule has 0 bridgehead atoms. The average molecular weight is 466 g/mol. The lowest BCUT2D eigenvalue weighted by atomic mass is 9.92. The smallest absolute Gasteiger partial charge is 0.326 e. The van der Waals surface area contributed by atoms with Gasteiger partial charge in [-0.2, -0.15) is 12.6 Å². The summed E-state index contributed by atoms with van der Waals surface area (Å²) in [5.74, 6) is -0.914. The number of fused-ring (bicyclic) bond motifs is 1. The summed E-state index contributed by atoms with van der Waals surface area (Å²) in [7, 11) is 0. The summed E-state index contributed by atoms with van der Waals surface area (Å²) in [6.45, 7) is 4.32. The van der Waals surface area contributed by atoms with Gasteiger partial charge < -0.3 is 16.2 Å². The number of nitrogens with zero attached hydrogens (tertiary/aromatic N) is 1. The van der Waals surface area contributed by atoms with Crippen LogP contribution < -0.4 is 16.0 Å². The van der Waals surface area contributed by atoms with Crippen molar-refractivity contribution in [2.24, 2.45) is 5.73 Å². The summed E-state index contributed by atoms with van der Waals surface area (Å²) in [4.78, 5) is 27.6. The van der Waals surface area contributed by atoms with E-state index in [0.717, 1.165) is 10.8 Å². The Kier molecular flexibility index (Phi) is 8.13. The van der Waals surface area contributed by atoms with Crippen molar-refractivity contribution in [3.05, 3.63) is 78.4 Å². The number of hydrogen-bond donors (Lipinski definition) is 4. The summed E-state index contributed by atoms with van der Waals surface area (Å²) in [5, 5.41) is 15.5. The van der Waals surface area contributed by atoms with Crippen LogP contribution >= 0.6 is 12.6 Å². The quantitative estimate of drug-likeness (QED) is 0.340. The Balaban J connectivity index is 2.03. The van der Waals surface area contributed by atoms with Crippen molar-refractivity contribution >= 4 is 41.0 Å². The largest absolute Gasteiger partial charge is 0.480 e. The van der Waals surface area contributed by atoms with Gasteiger partial charge in [0.2, 0.25) is 0 Å². The molecule has 0 fully saturated rings.